The summed E-state index contributed by atoms with van der Waals surface area (Å²) in [6, 6.07) is 16.9. The first-order valence-corrected chi connectivity index (χ1v) is 9.83. The number of hydrogen-bond acceptors (Lipinski definition) is 3. The van der Waals surface area contributed by atoms with Crippen LogP contribution >= 0.6 is 11.3 Å². The van der Waals surface area contributed by atoms with Gasteiger partial charge < -0.3 is 5.32 Å². The first-order chi connectivity index (χ1) is 12.3. The zero-order valence-corrected chi connectivity index (χ0v) is 15.0. The molecular weight excluding hydrogens is 328 g/mol. The molecule has 0 saturated carbocycles. The SMILES string of the molecule is O=C(CCCc1nc2ccccc2s1)N[C@@H]1CCCc2ccccc21. The lowest BCUT2D eigenvalue weighted by Crippen LogP contribution is -2.30. The lowest BCUT2D eigenvalue weighted by molar-refractivity contribution is -0.122. The van der Waals surface area contributed by atoms with E-state index in [1.54, 1.807) is 11.3 Å². The molecule has 0 saturated heterocycles. The molecule has 3 aromatic rings. The molecule has 0 fully saturated rings. The molecule has 0 unspecified atom stereocenters. The van der Waals surface area contributed by atoms with Crippen molar-refractivity contribution in [3.63, 3.8) is 0 Å². The number of nitrogens with zero attached hydrogens (tertiary/aromatic N) is 1. The molecule has 1 aliphatic rings. The Labute approximate surface area is 152 Å². The van der Waals surface area contributed by atoms with E-state index in [4.69, 9.17) is 0 Å². The standard InChI is InChI=1S/C21H22N2OS/c24-20(22-17-11-5-8-15-7-1-2-9-16(15)17)13-6-14-21-23-18-10-3-4-12-19(18)25-21/h1-4,7,9-10,12,17H,5-6,8,11,13-14H2,(H,22,24)/t17-/m1/s1. The number of hydrogen-bond donors (Lipinski definition) is 1. The molecule has 1 N–H and O–H groups in total. The Morgan fingerprint density at radius 3 is 2.92 bits per heavy atom. The Kier molecular flexibility index (Phi) is 4.79. The van der Waals surface area contributed by atoms with E-state index in [2.05, 4.69) is 40.6 Å². The zero-order chi connectivity index (χ0) is 17.1. The molecule has 2 aromatic carbocycles. The Hall–Kier alpha value is -2.20. The largest absolute Gasteiger partial charge is 0.349 e. The van der Waals surface area contributed by atoms with Crippen LogP contribution in [0.2, 0.25) is 0 Å². The summed E-state index contributed by atoms with van der Waals surface area (Å²) >= 11 is 1.73. The predicted octanol–water partition coefficient (Wildman–Crippen LogP) is 4.81. The number of aryl methyl sites for hydroxylation is 2. The number of thiazole rings is 1. The fourth-order valence-corrected chi connectivity index (χ4v) is 4.61. The van der Waals surface area contributed by atoms with E-state index < -0.39 is 0 Å². The smallest absolute Gasteiger partial charge is 0.220 e. The molecular formula is C21H22N2OS. The van der Waals surface area contributed by atoms with E-state index in [1.807, 2.05) is 18.2 Å². The van der Waals surface area contributed by atoms with Crippen LogP contribution in [0.3, 0.4) is 0 Å². The van der Waals surface area contributed by atoms with Crippen LogP contribution in [0.15, 0.2) is 48.5 Å². The molecule has 1 amide bonds. The number of amides is 1. The Morgan fingerprint density at radius 1 is 1.16 bits per heavy atom. The van der Waals surface area contributed by atoms with Crippen molar-refractivity contribution in [1.29, 1.82) is 0 Å². The van der Waals surface area contributed by atoms with Crippen LogP contribution < -0.4 is 5.32 Å². The molecule has 0 radical (unpaired) electrons. The van der Waals surface area contributed by atoms with E-state index in [0.717, 1.165) is 42.6 Å². The summed E-state index contributed by atoms with van der Waals surface area (Å²) in [5.74, 6) is 0.155. The molecule has 1 aromatic heterocycles. The van der Waals surface area contributed by atoms with Gasteiger partial charge in [-0.05, 0) is 55.4 Å². The summed E-state index contributed by atoms with van der Waals surface area (Å²) in [7, 11) is 0. The van der Waals surface area contributed by atoms with Gasteiger partial charge in [0.2, 0.25) is 5.91 Å². The fourth-order valence-electron chi connectivity index (χ4n) is 3.60. The van der Waals surface area contributed by atoms with Gasteiger partial charge in [0, 0.05) is 6.42 Å². The molecule has 4 rings (SSSR count). The number of fused-ring (bicyclic) bond motifs is 2. The summed E-state index contributed by atoms with van der Waals surface area (Å²) in [4.78, 5) is 17.0. The minimum Gasteiger partial charge on any atom is -0.349 e. The summed E-state index contributed by atoms with van der Waals surface area (Å²) in [6.07, 6.45) is 5.59. The molecule has 3 nitrogen and oxygen atoms in total. The van der Waals surface area contributed by atoms with E-state index in [0.29, 0.717) is 6.42 Å². The van der Waals surface area contributed by atoms with Crippen molar-refractivity contribution < 1.29 is 4.79 Å². The third-order valence-electron chi connectivity index (χ3n) is 4.84. The van der Waals surface area contributed by atoms with Gasteiger partial charge in [-0.25, -0.2) is 4.98 Å². The van der Waals surface area contributed by atoms with Gasteiger partial charge >= 0.3 is 0 Å². The van der Waals surface area contributed by atoms with Crippen molar-refractivity contribution in [2.45, 2.75) is 44.6 Å². The Bertz CT molecular complexity index is 853. The number of para-hydroxylation sites is 1. The minimum atomic E-state index is 0.155. The van der Waals surface area contributed by atoms with Gasteiger partial charge in [-0.2, -0.15) is 0 Å². The van der Waals surface area contributed by atoms with Gasteiger partial charge in [-0.1, -0.05) is 36.4 Å². The minimum absolute atomic E-state index is 0.155. The van der Waals surface area contributed by atoms with Gasteiger partial charge in [0.1, 0.15) is 0 Å². The van der Waals surface area contributed by atoms with Crippen molar-refractivity contribution >= 4 is 27.5 Å². The number of carbonyl (C=O) groups is 1. The first-order valence-electron chi connectivity index (χ1n) is 9.01. The summed E-state index contributed by atoms with van der Waals surface area (Å²) < 4.78 is 1.22. The maximum Gasteiger partial charge on any atom is 0.220 e. The summed E-state index contributed by atoms with van der Waals surface area (Å²) in [5.41, 5.74) is 3.74. The second-order valence-electron chi connectivity index (χ2n) is 6.64. The lowest BCUT2D eigenvalue weighted by atomic mass is 9.87. The average Bonchev–Trinajstić information content (AvgIpc) is 3.05. The molecule has 1 heterocycles. The lowest BCUT2D eigenvalue weighted by Gasteiger charge is -2.26. The molecule has 0 bridgehead atoms. The number of nitrogens with one attached hydrogen (secondary N) is 1. The van der Waals surface area contributed by atoms with Crippen LogP contribution in [0, 0.1) is 0 Å². The number of rotatable bonds is 5. The Balaban J connectivity index is 1.31. The van der Waals surface area contributed by atoms with Crippen molar-refractivity contribution in [1.82, 2.24) is 10.3 Å². The Morgan fingerprint density at radius 2 is 2.00 bits per heavy atom. The van der Waals surface area contributed by atoms with Crippen molar-refractivity contribution in [2.24, 2.45) is 0 Å². The summed E-state index contributed by atoms with van der Waals surface area (Å²) in [5, 5.41) is 4.35. The molecule has 128 valence electrons. The first kappa shape index (κ1) is 16.3. The predicted molar refractivity (Wildman–Crippen MR) is 103 cm³/mol. The monoisotopic (exact) mass is 350 g/mol. The second kappa shape index (κ2) is 7.36. The van der Waals surface area contributed by atoms with E-state index >= 15 is 0 Å². The van der Waals surface area contributed by atoms with Crippen molar-refractivity contribution in [3.05, 3.63) is 64.7 Å². The van der Waals surface area contributed by atoms with Crippen LogP contribution in [0.5, 0.6) is 0 Å². The highest BCUT2D eigenvalue weighted by Gasteiger charge is 2.21. The van der Waals surface area contributed by atoms with E-state index in [9.17, 15) is 4.79 Å². The highest BCUT2D eigenvalue weighted by molar-refractivity contribution is 7.18. The molecule has 1 aliphatic carbocycles. The van der Waals surface area contributed by atoms with Gasteiger partial charge in [-0.15, -0.1) is 11.3 Å². The topological polar surface area (TPSA) is 42.0 Å². The van der Waals surface area contributed by atoms with Crippen LogP contribution in [-0.4, -0.2) is 10.9 Å². The second-order valence-corrected chi connectivity index (χ2v) is 7.76. The van der Waals surface area contributed by atoms with Crippen LogP contribution in [0.25, 0.3) is 10.2 Å². The molecule has 25 heavy (non-hydrogen) atoms. The van der Waals surface area contributed by atoms with Crippen LogP contribution in [-0.2, 0) is 17.6 Å². The van der Waals surface area contributed by atoms with Gasteiger partial charge in [0.05, 0.1) is 21.3 Å². The quantitative estimate of drug-likeness (QED) is 0.717. The maximum atomic E-state index is 12.4. The molecule has 4 heteroatoms. The van der Waals surface area contributed by atoms with Gasteiger partial charge in [0.15, 0.2) is 0 Å². The average molecular weight is 350 g/mol. The van der Waals surface area contributed by atoms with E-state index in [1.165, 1.54) is 15.8 Å². The van der Waals surface area contributed by atoms with E-state index in [-0.39, 0.29) is 11.9 Å². The highest BCUT2D eigenvalue weighted by atomic mass is 32.1. The van der Waals surface area contributed by atoms with Gasteiger partial charge in [0.25, 0.3) is 0 Å². The normalized spacial score (nSPS) is 16.6. The highest BCUT2D eigenvalue weighted by Crippen LogP contribution is 2.29. The number of carbonyl (C=O) groups excluding carboxylic acids is 1. The van der Waals surface area contributed by atoms with Gasteiger partial charge in [-0.3, -0.25) is 4.79 Å². The number of benzene rings is 2. The summed E-state index contributed by atoms with van der Waals surface area (Å²) in [6.45, 7) is 0. The van der Waals surface area contributed by atoms with Crippen molar-refractivity contribution in [3.8, 4) is 0 Å². The van der Waals surface area contributed by atoms with Crippen LogP contribution in [0.4, 0.5) is 0 Å². The zero-order valence-electron chi connectivity index (χ0n) is 14.2. The fraction of sp³-hybridized carbons (Fsp3) is 0.333. The maximum absolute atomic E-state index is 12.4. The number of aromatic nitrogens is 1. The molecule has 0 spiro atoms. The molecule has 0 aliphatic heterocycles. The van der Waals surface area contributed by atoms with Crippen LogP contribution in [0.1, 0.15) is 47.9 Å². The van der Waals surface area contributed by atoms with Crippen molar-refractivity contribution in [2.75, 3.05) is 0 Å². The third kappa shape index (κ3) is 3.74. The molecule has 1 atom stereocenters. The third-order valence-corrected chi connectivity index (χ3v) is 5.93.